The van der Waals surface area contributed by atoms with E-state index in [0.717, 1.165) is 18.4 Å². The first kappa shape index (κ1) is 15.4. The molecule has 21 heavy (non-hydrogen) atoms. The molecule has 114 valence electrons. The van der Waals surface area contributed by atoms with Crippen molar-refractivity contribution in [3.8, 4) is 0 Å². The van der Waals surface area contributed by atoms with Crippen LogP contribution >= 0.6 is 0 Å². The smallest absolute Gasteiger partial charge is 0.253 e. The molecule has 2 N–H and O–H groups in total. The Hall–Kier alpha value is -2.04. The van der Waals surface area contributed by atoms with E-state index in [2.05, 4.69) is 0 Å². The zero-order valence-corrected chi connectivity index (χ0v) is 12.9. The number of anilines is 1. The van der Waals surface area contributed by atoms with Crippen molar-refractivity contribution in [3.63, 3.8) is 0 Å². The maximum absolute atomic E-state index is 12.5. The number of benzene rings is 1. The van der Waals surface area contributed by atoms with Crippen LogP contribution in [0, 0.1) is 12.8 Å². The van der Waals surface area contributed by atoms with E-state index < -0.39 is 0 Å². The monoisotopic (exact) mass is 289 g/mol. The lowest BCUT2D eigenvalue weighted by Crippen LogP contribution is -2.42. The van der Waals surface area contributed by atoms with Crippen LogP contribution in [0.4, 0.5) is 5.69 Å². The summed E-state index contributed by atoms with van der Waals surface area (Å²) in [5.41, 5.74) is 8.06. The molecule has 1 saturated heterocycles. The third-order valence-electron chi connectivity index (χ3n) is 4.09. The van der Waals surface area contributed by atoms with Crippen LogP contribution in [0.5, 0.6) is 0 Å². The highest BCUT2D eigenvalue weighted by molar-refractivity contribution is 5.95. The molecule has 5 nitrogen and oxygen atoms in total. The van der Waals surface area contributed by atoms with Gasteiger partial charge in [-0.25, -0.2) is 0 Å². The van der Waals surface area contributed by atoms with Crippen LogP contribution in [0.1, 0.15) is 28.8 Å². The number of hydrogen-bond acceptors (Lipinski definition) is 3. The summed E-state index contributed by atoms with van der Waals surface area (Å²) in [4.78, 5) is 27.9. The van der Waals surface area contributed by atoms with Gasteiger partial charge in [-0.15, -0.1) is 0 Å². The van der Waals surface area contributed by atoms with Crippen LogP contribution in [0.2, 0.25) is 0 Å². The first-order chi connectivity index (χ1) is 9.90. The number of nitrogens with two attached hydrogens (primary N) is 1. The molecule has 2 rings (SSSR count). The molecule has 0 aliphatic carbocycles. The normalized spacial score (nSPS) is 15.9. The predicted molar refractivity (Wildman–Crippen MR) is 82.9 cm³/mol. The molecular formula is C16H23N3O2. The van der Waals surface area contributed by atoms with E-state index in [0.29, 0.717) is 24.3 Å². The summed E-state index contributed by atoms with van der Waals surface area (Å²) in [6.07, 6.45) is 1.47. The highest BCUT2D eigenvalue weighted by atomic mass is 16.2. The zero-order chi connectivity index (χ0) is 15.6. The number of aryl methyl sites for hydroxylation is 1. The van der Waals surface area contributed by atoms with E-state index in [1.165, 1.54) is 0 Å². The highest BCUT2D eigenvalue weighted by Crippen LogP contribution is 2.21. The lowest BCUT2D eigenvalue weighted by Gasteiger charge is -2.32. The van der Waals surface area contributed by atoms with Crippen molar-refractivity contribution in [2.24, 2.45) is 5.92 Å². The van der Waals surface area contributed by atoms with E-state index in [1.807, 2.05) is 17.9 Å². The van der Waals surface area contributed by atoms with Crippen LogP contribution in [-0.2, 0) is 4.79 Å². The van der Waals surface area contributed by atoms with Gasteiger partial charge >= 0.3 is 0 Å². The summed E-state index contributed by atoms with van der Waals surface area (Å²) in [6.45, 7) is 3.16. The number of piperidine rings is 1. The third kappa shape index (κ3) is 3.35. The quantitative estimate of drug-likeness (QED) is 0.839. The Labute approximate surface area is 125 Å². The molecule has 1 aliphatic heterocycles. The van der Waals surface area contributed by atoms with Gasteiger partial charge in [0, 0.05) is 44.4 Å². The topological polar surface area (TPSA) is 66.6 Å². The summed E-state index contributed by atoms with van der Waals surface area (Å²) in [5, 5.41) is 0. The molecular weight excluding hydrogens is 266 g/mol. The minimum atomic E-state index is 0.0221. The van der Waals surface area contributed by atoms with Gasteiger partial charge in [-0.05, 0) is 43.5 Å². The molecule has 0 bridgehead atoms. The number of amides is 2. The van der Waals surface area contributed by atoms with Crippen LogP contribution in [0.3, 0.4) is 0 Å². The Balaban J connectivity index is 2.00. The fourth-order valence-electron chi connectivity index (χ4n) is 2.69. The van der Waals surface area contributed by atoms with Crippen LogP contribution in [0.15, 0.2) is 18.2 Å². The van der Waals surface area contributed by atoms with Crippen LogP contribution in [0.25, 0.3) is 0 Å². The number of rotatable bonds is 2. The number of likely N-dealkylation sites (tertiary alicyclic amines) is 1. The second-order valence-corrected chi connectivity index (χ2v) is 5.87. The minimum absolute atomic E-state index is 0.0221. The average Bonchev–Trinajstić information content (AvgIpc) is 2.48. The Morgan fingerprint density at radius 2 is 1.86 bits per heavy atom. The van der Waals surface area contributed by atoms with Crippen molar-refractivity contribution in [1.82, 2.24) is 9.80 Å². The van der Waals surface area contributed by atoms with Gasteiger partial charge in [0.2, 0.25) is 5.91 Å². The van der Waals surface area contributed by atoms with E-state index in [4.69, 9.17) is 5.73 Å². The van der Waals surface area contributed by atoms with Gasteiger partial charge in [-0.2, -0.15) is 0 Å². The molecule has 1 heterocycles. The highest BCUT2D eigenvalue weighted by Gasteiger charge is 2.28. The van der Waals surface area contributed by atoms with Crippen molar-refractivity contribution in [2.45, 2.75) is 19.8 Å². The Kier molecular flexibility index (Phi) is 4.50. The van der Waals surface area contributed by atoms with Gasteiger partial charge in [-0.3, -0.25) is 9.59 Å². The van der Waals surface area contributed by atoms with Gasteiger partial charge in [0.05, 0.1) is 0 Å². The summed E-state index contributed by atoms with van der Waals surface area (Å²) in [5.74, 6) is 0.219. The summed E-state index contributed by atoms with van der Waals surface area (Å²) in [6, 6.07) is 5.36. The molecule has 0 radical (unpaired) electrons. The zero-order valence-electron chi connectivity index (χ0n) is 12.9. The number of hydrogen-bond donors (Lipinski definition) is 1. The molecule has 0 saturated carbocycles. The lowest BCUT2D eigenvalue weighted by molar-refractivity contribution is -0.134. The van der Waals surface area contributed by atoms with Gasteiger partial charge < -0.3 is 15.5 Å². The predicted octanol–water partition coefficient (Wildman–Crippen LogP) is 1.52. The molecule has 0 atom stereocenters. The summed E-state index contributed by atoms with van der Waals surface area (Å²) >= 11 is 0. The Morgan fingerprint density at radius 3 is 2.38 bits per heavy atom. The first-order valence-electron chi connectivity index (χ1n) is 7.26. The lowest BCUT2D eigenvalue weighted by atomic mass is 9.95. The molecule has 1 fully saturated rings. The van der Waals surface area contributed by atoms with E-state index in [9.17, 15) is 9.59 Å². The van der Waals surface area contributed by atoms with Crippen molar-refractivity contribution >= 4 is 17.5 Å². The van der Waals surface area contributed by atoms with Crippen LogP contribution in [-0.4, -0.2) is 48.8 Å². The third-order valence-corrected chi connectivity index (χ3v) is 4.09. The number of carbonyl (C=O) groups is 2. The van der Waals surface area contributed by atoms with Gasteiger partial charge in [0.1, 0.15) is 0 Å². The van der Waals surface area contributed by atoms with Crippen molar-refractivity contribution in [1.29, 1.82) is 0 Å². The average molecular weight is 289 g/mol. The Morgan fingerprint density at radius 1 is 1.24 bits per heavy atom. The SMILES string of the molecule is Cc1cc(C(=O)N2CCC(C(=O)N(C)C)CC2)ccc1N. The van der Waals surface area contributed by atoms with Gasteiger partial charge in [-0.1, -0.05) is 0 Å². The van der Waals surface area contributed by atoms with Gasteiger partial charge in [0.15, 0.2) is 0 Å². The first-order valence-corrected chi connectivity index (χ1v) is 7.26. The minimum Gasteiger partial charge on any atom is -0.399 e. The second-order valence-electron chi connectivity index (χ2n) is 5.87. The molecule has 0 spiro atoms. The molecule has 1 aromatic rings. The van der Waals surface area contributed by atoms with Crippen molar-refractivity contribution < 1.29 is 9.59 Å². The van der Waals surface area contributed by atoms with Crippen LogP contribution < -0.4 is 5.73 Å². The summed E-state index contributed by atoms with van der Waals surface area (Å²) < 4.78 is 0. The molecule has 5 heteroatoms. The molecule has 0 unspecified atom stereocenters. The molecule has 1 aliphatic rings. The molecule has 2 amide bonds. The van der Waals surface area contributed by atoms with Gasteiger partial charge in [0.25, 0.3) is 5.91 Å². The van der Waals surface area contributed by atoms with E-state index in [-0.39, 0.29) is 17.7 Å². The maximum Gasteiger partial charge on any atom is 0.253 e. The van der Waals surface area contributed by atoms with Crippen molar-refractivity contribution in [2.75, 3.05) is 32.9 Å². The van der Waals surface area contributed by atoms with E-state index >= 15 is 0 Å². The van der Waals surface area contributed by atoms with E-state index in [1.54, 1.807) is 31.1 Å². The summed E-state index contributed by atoms with van der Waals surface area (Å²) in [7, 11) is 3.55. The molecule has 0 aromatic heterocycles. The number of nitrogens with zero attached hydrogens (tertiary/aromatic N) is 2. The fourth-order valence-corrected chi connectivity index (χ4v) is 2.69. The number of carbonyl (C=O) groups excluding carboxylic acids is 2. The fraction of sp³-hybridized carbons (Fsp3) is 0.500. The second kappa shape index (κ2) is 6.16. The molecule has 1 aromatic carbocycles. The largest absolute Gasteiger partial charge is 0.399 e. The maximum atomic E-state index is 12.5. The number of nitrogen functional groups attached to an aromatic ring is 1. The standard InChI is InChI=1S/C16H23N3O2/c1-11-10-13(4-5-14(11)17)16(21)19-8-6-12(7-9-19)15(20)18(2)3/h4-5,10,12H,6-9,17H2,1-3H3. The Bertz CT molecular complexity index is 546. The van der Waals surface area contributed by atoms with Crippen molar-refractivity contribution in [3.05, 3.63) is 29.3 Å².